The number of alkyl halides is 2. The minimum absolute atomic E-state index is 0.233. The molecule has 0 unspecified atom stereocenters. The molecular weight excluding hydrogens is 236 g/mol. The number of aryl methyl sites for hydroxylation is 1. The van der Waals surface area contributed by atoms with Gasteiger partial charge in [-0.25, -0.2) is 13.8 Å². The number of nitrogens with one attached hydrogen (secondary N) is 1. The molecule has 0 aromatic carbocycles. The van der Waals surface area contributed by atoms with Crippen molar-refractivity contribution in [2.75, 3.05) is 18.5 Å². The molecule has 0 saturated carbocycles. The van der Waals surface area contributed by atoms with Crippen LogP contribution in [0.15, 0.2) is 12.3 Å². The van der Waals surface area contributed by atoms with E-state index in [0.29, 0.717) is 5.56 Å². The van der Waals surface area contributed by atoms with E-state index in [1.54, 1.807) is 0 Å². The van der Waals surface area contributed by atoms with Gasteiger partial charge in [-0.3, -0.25) is 10.1 Å². The van der Waals surface area contributed by atoms with Crippen LogP contribution < -0.4 is 5.32 Å². The molecule has 0 fully saturated rings. The molecule has 0 radical (unpaired) electrons. The molecule has 1 aromatic rings. The Kier molecular flexibility index (Phi) is 3.89. The lowest BCUT2D eigenvalue weighted by molar-refractivity contribution is -0.384. The zero-order valence-corrected chi connectivity index (χ0v) is 8.98. The van der Waals surface area contributed by atoms with Crippen LogP contribution in [0, 0.1) is 17.0 Å². The van der Waals surface area contributed by atoms with E-state index in [4.69, 9.17) is 5.11 Å². The molecule has 0 atom stereocenters. The first-order valence-corrected chi connectivity index (χ1v) is 4.70. The molecule has 94 valence electrons. The van der Waals surface area contributed by atoms with Crippen molar-refractivity contribution in [2.45, 2.75) is 12.8 Å². The van der Waals surface area contributed by atoms with E-state index < -0.39 is 24.0 Å². The summed E-state index contributed by atoms with van der Waals surface area (Å²) in [5.41, 5.74) is -0.0268. The molecule has 6 nitrogen and oxygen atoms in total. The van der Waals surface area contributed by atoms with Crippen molar-refractivity contribution in [2.24, 2.45) is 0 Å². The van der Waals surface area contributed by atoms with Crippen molar-refractivity contribution in [1.82, 2.24) is 4.98 Å². The fraction of sp³-hybridized carbons (Fsp3) is 0.444. The second-order valence-electron chi connectivity index (χ2n) is 3.45. The van der Waals surface area contributed by atoms with Gasteiger partial charge in [0.15, 0.2) is 0 Å². The fourth-order valence-electron chi connectivity index (χ4n) is 1.18. The van der Waals surface area contributed by atoms with Gasteiger partial charge in [-0.1, -0.05) is 0 Å². The monoisotopic (exact) mass is 247 g/mol. The summed E-state index contributed by atoms with van der Waals surface area (Å²) in [7, 11) is 0. The summed E-state index contributed by atoms with van der Waals surface area (Å²) in [4.78, 5) is 13.7. The van der Waals surface area contributed by atoms with Crippen molar-refractivity contribution in [1.29, 1.82) is 0 Å². The van der Waals surface area contributed by atoms with Crippen molar-refractivity contribution in [3.63, 3.8) is 0 Å². The normalized spacial score (nSPS) is 11.3. The highest BCUT2D eigenvalue weighted by Gasteiger charge is 2.29. The molecule has 0 aliphatic carbocycles. The fourth-order valence-corrected chi connectivity index (χ4v) is 1.18. The molecule has 2 N–H and O–H groups in total. The Labute approximate surface area is 95.4 Å². The molecule has 8 heteroatoms. The summed E-state index contributed by atoms with van der Waals surface area (Å²) in [5.74, 6) is -3.58. The summed E-state index contributed by atoms with van der Waals surface area (Å²) < 4.78 is 25.5. The number of halogens is 2. The molecule has 0 amide bonds. The number of hydrogen-bond donors (Lipinski definition) is 2. The Morgan fingerprint density at radius 2 is 2.29 bits per heavy atom. The number of nitro groups is 1. The highest BCUT2D eigenvalue weighted by molar-refractivity contribution is 5.59. The number of aliphatic hydroxyl groups excluding tert-OH is 1. The van der Waals surface area contributed by atoms with E-state index in [-0.39, 0.29) is 11.5 Å². The van der Waals surface area contributed by atoms with Crippen LogP contribution >= 0.6 is 0 Å². The molecule has 0 aliphatic heterocycles. The summed E-state index contributed by atoms with van der Waals surface area (Å²) in [6.45, 7) is -0.768. The molecule has 0 spiro atoms. The summed E-state index contributed by atoms with van der Waals surface area (Å²) in [6.07, 6.45) is 1.28. The van der Waals surface area contributed by atoms with Gasteiger partial charge in [0, 0.05) is 11.8 Å². The van der Waals surface area contributed by atoms with Gasteiger partial charge in [0.2, 0.25) is 5.82 Å². The Balaban J connectivity index is 2.92. The van der Waals surface area contributed by atoms with Gasteiger partial charge in [0.25, 0.3) is 5.92 Å². The van der Waals surface area contributed by atoms with Crippen LogP contribution in [0.5, 0.6) is 0 Å². The lowest BCUT2D eigenvalue weighted by Gasteiger charge is -2.14. The highest BCUT2D eigenvalue weighted by Crippen LogP contribution is 2.26. The van der Waals surface area contributed by atoms with Gasteiger partial charge < -0.3 is 10.4 Å². The van der Waals surface area contributed by atoms with E-state index in [9.17, 15) is 18.9 Å². The van der Waals surface area contributed by atoms with Crippen LogP contribution in [-0.2, 0) is 0 Å². The van der Waals surface area contributed by atoms with E-state index in [2.05, 4.69) is 10.3 Å². The third kappa shape index (κ3) is 3.31. The van der Waals surface area contributed by atoms with Crippen LogP contribution in [0.3, 0.4) is 0 Å². The summed E-state index contributed by atoms with van der Waals surface area (Å²) in [5, 5.41) is 21.2. The lowest BCUT2D eigenvalue weighted by atomic mass is 10.2. The molecule has 1 rings (SSSR count). The van der Waals surface area contributed by atoms with Gasteiger partial charge in [-0.15, -0.1) is 0 Å². The van der Waals surface area contributed by atoms with E-state index in [0.717, 1.165) is 0 Å². The van der Waals surface area contributed by atoms with Crippen LogP contribution in [0.4, 0.5) is 20.3 Å². The Bertz CT molecular complexity index is 426. The van der Waals surface area contributed by atoms with Gasteiger partial charge in [-0.2, -0.15) is 0 Å². The Hall–Kier alpha value is -1.83. The molecule has 0 aliphatic rings. The number of anilines is 1. The van der Waals surface area contributed by atoms with Crippen molar-refractivity contribution in [3.05, 3.63) is 27.9 Å². The molecule has 0 bridgehead atoms. The third-order valence-corrected chi connectivity index (χ3v) is 2.05. The van der Waals surface area contributed by atoms with Crippen LogP contribution in [0.25, 0.3) is 0 Å². The van der Waals surface area contributed by atoms with Gasteiger partial charge in [-0.05, 0) is 13.0 Å². The largest absolute Gasteiger partial charge is 0.390 e. The van der Waals surface area contributed by atoms with E-state index >= 15 is 0 Å². The maximum atomic E-state index is 12.8. The number of aromatic nitrogens is 1. The van der Waals surface area contributed by atoms with Gasteiger partial charge >= 0.3 is 5.69 Å². The first-order chi connectivity index (χ1) is 7.87. The summed E-state index contributed by atoms with van der Waals surface area (Å²) >= 11 is 0. The number of nitrogens with zero attached hydrogens (tertiary/aromatic N) is 2. The quantitative estimate of drug-likeness (QED) is 0.605. The predicted molar refractivity (Wildman–Crippen MR) is 56.2 cm³/mol. The van der Waals surface area contributed by atoms with E-state index in [1.165, 1.54) is 19.2 Å². The van der Waals surface area contributed by atoms with Crippen LogP contribution in [0.1, 0.15) is 5.56 Å². The Morgan fingerprint density at radius 1 is 1.65 bits per heavy atom. The molecule has 0 saturated heterocycles. The smallest absolute Gasteiger partial charge is 0.314 e. The molecule has 1 aromatic heterocycles. The number of aliphatic hydroxyl groups is 1. The first kappa shape index (κ1) is 13.2. The average Bonchev–Trinajstić information content (AvgIpc) is 2.26. The van der Waals surface area contributed by atoms with Crippen LogP contribution in [-0.4, -0.2) is 34.1 Å². The van der Waals surface area contributed by atoms with Crippen molar-refractivity contribution < 1.29 is 18.8 Å². The standard InChI is InChI=1S/C9H11F2N3O3/c1-6-2-3-12-8(7(6)14(16)17)13-4-9(10,11)5-15/h2-3,15H,4-5H2,1H3,(H,12,13). The topological polar surface area (TPSA) is 88.3 Å². The zero-order valence-electron chi connectivity index (χ0n) is 8.98. The SMILES string of the molecule is Cc1ccnc(NCC(F)(F)CO)c1[N+](=O)[O-]. The first-order valence-electron chi connectivity index (χ1n) is 4.70. The van der Waals surface area contributed by atoms with Crippen LogP contribution in [0.2, 0.25) is 0 Å². The van der Waals surface area contributed by atoms with E-state index in [1.807, 2.05) is 0 Å². The predicted octanol–water partition coefficient (Wildman–Crippen LogP) is 1.34. The highest BCUT2D eigenvalue weighted by atomic mass is 19.3. The number of hydrogen-bond acceptors (Lipinski definition) is 5. The summed E-state index contributed by atoms with van der Waals surface area (Å²) in [6, 6.07) is 1.41. The van der Waals surface area contributed by atoms with Gasteiger partial charge in [0.05, 0.1) is 11.5 Å². The maximum absolute atomic E-state index is 12.8. The lowest BCUT2D eigenvalue weighted by Crippen LogP contribution is -2.31. The van der Waals surface area contributed by atoms with Crippen molar-refractivity contribution >= 4 is 11.5 Å². The zero-order chi connectivity index (χ0) is 13.1. The average molecular weight is 247 g/mol. The number of pyridine rings is 1. The van der Waals surface area contributed by atoms with Crippen molar-refractivity contribution in [3.8, 4) is 0 Å². The molecule has 1 heterocycles. The maximum Gasteiger partial charge on any atom is 0.314 e. The minimum Gasteiger partial charge on any atom is -0.390 e. The number of rotatable bonds is 5. The third-order valence-electron chi connectivity index (χ3n) is 2.05. The second-order valence-corrected chi connectivity index (χ2v) is 3.45. The Morgan fingerprint density at radius 3 is 2.82 bits per heavy atom. The second kappa shape index (κ2) is 5.00. The molecular formula is C9H11F2N3O3. The van der Waals surface area contributed by atoms with Gasteiger partial charge in [0.1, 0.15) is 6.61 Å². The molecule has 17 heavy (non-hydrogen) atoms. The minimum atomic E-state index is -3.35.